The maximum absolute atomic E-state index is 10.6. The van der Waals surface area contributed by atoms with Crippen molar-refractivity contribution in [1.82, 2.24) is 0 Å². The molecule has 1 saturated heterocycles. The first-order valence-corrected chi connectivity index (χ1v) is 3.09. The van der Waals surface area contributed by atoms with Crippen molar-refractivity contribution in [3.05, 3.63) is 12.7 Å². The maximum atomic E-state index is 10.6. The van der Waals surface area contributed by atoms with Crippen molar-refractivity contribution in [2.75, 3.05) is 13.2 Å². The van der Waals surface area contributed by atoms with Gasteiger partial charge in [0.15, 0.2) is 5.60 Å². The molecule has 3 heteroatoms. The summed E-state index contributed by atoms with van der Waals surface area (Å²) < 4.78 is 9.81. The summed E-state index contributed by atoms with van der Waals surface area (Å²) in [5.74, 6) is -0.384. The van der Waals surface area contributed by atoms with Crippen LogP contribution in [0.4, 0.5) is 0 Å². The molecule has 0 amide bonds. The fraction of sp³-hybridized carbons (Fsp3) is 0.571. The Morgan fingerprint density at radius 3 is 2.70 bits per heavy atom. The van der Waals surface area contributed by atoms with Gasteiger partial charge in [0.2, 0.25) is 0 Å². The van der Waals surface area contributed by atoms with Crippen LogP contribution in [0.15, 0.2) is 12.7 Å². The Hall–Kier alpha value is -0.830. The van der Waals surface area contributed by atoms with Gasteiger partial charge in [-0.2, -0.15) is 0 Å². The van der Waals surface area contributed by atoms with Crippen molar-refractivity contribution >= 4 is 5.97 Å². The van der Waals surface area contributed by atoms with E-state index in [9.17, 15) is 4.79 Å². The van der Waals surface area contributed by atoms with Gasteiger partial charge in [0.25, 0.3) is 0 Å². The van der Waals surface area contributed by atoms with E-state index in [1.165, 1.54) is 0 Å². The minimum atomic E-state index is -0.398. The molecule has 1 aliphatic rings. The van der Waals surface area contributed by atoms with Crippen LogP contribution in [0, 0.1) is 0 Å². The van der Waals surface area contributed by atoms with Gasteiger partial charge in [-0.3, -0.25) is 0 Å². The first-order valence-electron chi connectivity index (χ1n) is 3.09. The van der Waals surface area contributed by atoms with Crippen molar-refractivity contribution in [3.8, 4) is 0 Å². The highest BCUT2D eigenvalue weighted by Gasteiger charge is 2.36. The standard InChI is InChI=1S/C7H10O3/c1-3-6(8)10-7(2)4-9-5-7/h3H,1,4-5H2,2H3. The van der Waals surface area contributed by atoms with Gasteiger partial charge in [-0.25, -0.2) is 4.79 Å². The lowest BCUT2D eigenvalue weighted by molar-refractivity contribution is -0.201. The molecular weight excluding hydrogens is 132 g/mol. The van der Waals surface area contributed by atoms with Crippen LogP contribution >= 0.6 is 0 Å². The van der Waals surface area contributed by atoms with Crippen LogP contribution in [0.3, 0.4) is 0 Å². The second-order valence-electron chi connectivity index (χ2n) is 2.57. The molecule has 3 nitrogen and oxygen atoms in total. The predicted molar refractivity (Wildman–Crippen MR) is 35.5 cm³/mol. The molecule has 0 aliphatic carbocycles. The second-order valence-corrected chi connectivity index (χ2v) is 2.57. The molecule has 1 heterocycles. The zero-order chi connectivity index (χ0) is 7.61. The van der Waals surface area contributed by atoms with Gasteiger partial charge in [-0.15, -0.1) is 0 Å². The average molecular weight is 142 g/mol. The molecule has 0 aromatic heterocycles. The minimum absolute atomic E-state index is 0.384. The fourth-order valence-corrected chi connectivity index (χ4v) is 0.733. The van der Waals surface area contributed by atoms with Crippen LogP contribution in [0.2, 0.25) is 0 Å². The molecular formula is C7H10O3. The largest absolute Gasteiger partial charge is 0.451 e. The molecule has 0 spiro atoms. The van der Waals surface area contributed by atoms with Crippen molar-refractivity contribution in [3.63, 3.8) is 0 Å². The normalized spacial score (nSPS) is 20.9. The van der Waals surface area contributed by atoms with E-state index in [4.69, 9.17) is 9.47 Å². The summed E-state index contributed by atoms with van der Waals surface area (Å²) in [4.78, 5) is 10.6. The number of carbonyl (C=O) groups excluding carboxylic acids is 1. The summed E-state index contributed by atoms with van der Waals surface area (Å²) in [6.07, 6.45) is 1.16. The first-order chi connectivity index (χ1) is 4.66. The van der Waals surface area contributed by atoms with Crippen molar-refractivity contribution in [2.24, 2.45) is 0 Å². The van der Waals surface area contributed by atoms with Crippen LogP contribution < -0.4 is 0 Å². The Labute approximate surface area is 59.6 Å². The number of ether oxygens (including phenoxy) is 2. The number of carbonyl (C=O) groups is 1. The molecule has 56 valence electrons. The second kappa shape index (κ2) is 2.42. The van der Waals surface area contributed by atoms with E-state index in [1.807, 2.05) is 6.92 Å². The number of rotatable bonds is 2. The Morgan fingerprint density at radius 2 is 2.40 bits per heavy atom. The van der Waals surface area contributed by atoms with Crippen LogP contribution in [-0.4, -0.2) is 24.8 Å². The van der Waals surface area contributed by atoms with Crippen LogP contribution in [-0.2, 0) is 14.3 Å². The van der Waals surface area contributed by atoms with E-state index in [0.717, 1.165) is 6.08 Å². The topological polar surface area (TPSA) is 35.5 Å². The molecule has 0 aromatic rings. The SMILES string of the molecule is C=CC(=O)OC1(C)COC1. The number of hydrogen-bond donors (Lipinski definition) is 0. The van der Waals surface area contributed by atoms with E-state index in [2.05, 4.69) is 6.58 Å². The quantitative estimate of drug-likeness (QED) is 0.416. The van der Waals surface area contributed by atoms with Gasteiger partial charge < -0.3 is 9.47 Å². The predicted octanol–water partition coefficient (Wildman–Crippen LogP) is 0.504. The Kier molecular flexibility index (Phi) is 1.76. The van der Waals surface area contributed by atoms with E-state index in [1.54, 1.807) is 0 Å². The molecule has 0 aromatic carbocycles. The highest BCUT2D eigenvalue weighted by atomic mass is 16.6. The monoisotopic (exact) mass is 142 g/mol. The van der Waals surface area contributed by atoms with E-state index >= 15 is 0 Å². The zero-order valence-electron chi connectivity index (χ0n) is 5.92. The Morgan fingerprint density at radius 1 is 1.80 bits per heavy atom. The third-order valence-electron chi connectivity index (χ3n) is 1.33. The summed E-state index contributed by atoms with van der Waals surface area (Å²) in [6.45, 7) is 6.10. The minimum Gasteiger partial charge on any atom is -0.451 e. The van der Waals surface area contributed by atoms with Gasteiger partial charge in [-0.1, -0.05) is 6.58 Å². The number of esters is 1. The molecule has 10 heavy (non-hydrogen) atoms. The van der Waals surface area contributed by atoms with Crippen molar-refractivity contribution in [1.29, 1.82) is 0 Å². The third kappa shape index (κ3) is 1.36. The molecule has 0 atom stereocenters. The summed E-state index contributed by atoms with van der Waals surface area (Å²) in [5.41, 5.74) is -0.398. The molecule has 1 rings (SSSR count). The average Bonchev–Trinajstić information content (AvgIpc) is 1.84. The highest BCUT2D eigenvalue weighted by molar-refractivity contribution is 5.81. The lowest BCUT2D eigenvalue weighted by Gasteiger charge is -2.36. The van der Waals surface area contributed by atoms with Crippen LogP contribution in [0.1, 0.15) is 6.92 Å². The molecule has 0 N–H and O–H groups in total. The van der Waals surface area contributed by atoms with Gasteiger partial charge >= 0.3 is 5.97 Å². The van der Waals surface area contributed by atoms with Gasteiger partial charge in [0.1, 0.15) is 0 Å². The lowest BCUT2D eigenvalue weighted by Crippen LogP contribution is -2.50. The fourth-order valence-electron chi connectivity index (χ4n) is 0.733. The summed E-state index contributed by atoms with van der Waals surface area (Å²) in [7, 11) is 0. The van der Waals surface area contributed by atoms with E-state index in [0.29, 0.717) is 13.2 Å². The molecule has 1 fully saturated rings. The zero-order valence-corrected chi connectivity index (χ0v) is 5.92. The molecule has 1 aliphatic heterocycles. The summed E-state index contributed by atoms with van der Waals surface area (Å²) >= 11 is 0. The molecule has 0 saturated carbocycles. The Bertz CT molecular complexity index is 158. The summed E-state index contributed by atoms with van der Waals surface area (Å²) in [5, 5.41) is 0. The molecule has 0 unspecified atom stereocenters. The van der Waals surface area contributed by atoms with Crippen molar-refractivity contribution in [2.45, 2.75) is 12.5 Å². The first kappa shape index (κ1) is 7.28. The maximum Gasteiger partial charge on any atom is 0.330 e. The van der Waals surface area contributed by atoms with Gasteiger partial charge in [0, 0.05) is 6.08 Å². The summed E-state index contributed by atoms with van der Waals surface area (Å²) in [6, 6.07) is 0. The van der Waals surface area contributed by atoms with Gasteiger partial charge in [0.05, 0.1) is 13.2 Å². The van der Waals surface area contributed by atoms with E-state index < -0.39 is 5.60 Å². The number of hydrogen-bond acceptors (Lipinski definition) is 3. The third-order valence-corrected chi connectivity index (χ3v) is 1.33. The Balaban J connectivity index is 2.36. The van der Waals surface area contributed by atoms with Gasteiger partial charge in [-0.05, 0) is 6.92 Å². The highest BCUT2D eigenvalue weighted by Crippen LogP contribution is 2.20. The van der Waals surface area contributed by atoms with Crippen LogP contribution in [0.25, 0.3) is 0 Å². The molecule has 0 bridgehead atoms. The smallest absolute Gasteiger partial charge is 0.330 e. The lowest BCUT2D eigenvalue weighted by atomic mass is 10.1. The van der Waals surface area contributed by atoms with E-state index in [-0.39, 0.29) is 5.97 Å². The van der Waals surface area contributed by atoms with Crippen LogP contribution in [0.5, 0.6) is 0 Å². The van der Waals surface area contributed by atoms with Crippen molar-refractivity contribution < 1.29 is 14.3 Å². The molecule has 0 radical (unpaired) electrons.